The summed E-state index contributed by atoms with van der Waals surface area (Å²) in [6, 6.07) is 0. The Morgan fingerprint density at radius 2 is 2.17 bits per heavy atom. The van der Waals surface area contributed by atoms with Gasteiger partial charge in [-0.05, 0) is 0 Å². The van der Waals surface area contributed by atoms with E-state index in [1.807, 2.05) is 0 Å². The average Bonchev–Trinajstić information content (AvgIpc) is 2.11. The molecule has 2 unspecified atom stereocenters. The van der Waals surface area contributed by atoms with Crippen LogP contribution in [0.2, 0.25) is 0 Å². The number of carbonyl (C=O) groups is 1. The van der Waals surface area contributed by atoms with Crippen molar-refractivity contribution in [2.24, 2.45) is 0 Å². The molecule has 5 heteroatoms. The van der Waals surface area contributed by atoms with E-state index in [4.69, 9.17) is 4.74 Å². The van der Waals surface area contributed by atoms with Gasteiger partial charge >= 0.3 is 5.97 Å². The van der Waals surface area contributed by atoms with Gasteiger partial charge in [0.2, 0.25) is 0 Å². The fourth-order valence-corrected chi connectivity index (χ4v) is 1.86. The Kier molecular flexibility index (Phi) is 7.48. The van der Waals surface area contributed by atoms with E-state index in [0.29, 0.717) is 5.33 Å². The second-order valence-corrected chi connectivity index (χ2v) is 4.80. The van der Waals surface area contributed by atoms with E-state index < -0.39 is 0 Å². The van der Waals surface area contributed by atoms with Crippen molar-refractivity contribution in [2.75, 3.05) is 11.9 Å². The van der Waals surface area contributed by atoms with Crippen LogP contribution in [-0.4, -0.2) is 27.6 Å². The molecule has 2 atom stereocenters. The fraction of sp³-hybridized carbons (Fsp3) is 0.571. The Hall–Kier alpha value is 0.650. The first-order valence-electron chi connectivity index (χ1n) is 3.25. The van der Waals surface area contributed by atoms with Gasteiger partial charge in [-0.1, -0.05) is 60.4 Å². The van der Waals surface area contributed by atoms with Gasteiger partial charge < -0.3 is 4.74 Å². The zero-order chi connectivity index (χ0) is 9.56. The highest BCUT2D eigenvalue weighted by Crippen LogP contribution is 2.17. The van der Waals surface area contributed by atoms with Gasteiger partial charge in [-0.2, -0.15) is 0 Å². The third-order valence-electron chi connectivity index (χ3n) is 1.03. The van der Waals surface area contributed by atoms with Crippen molar-refractivity contribution in [3.05, 3.63) is 12.7 Å². The van der Waals surface area contributed by atoms with Gasteiger partial charge in [0.25, 0.3) is 0 Å². The zero-order valence-electron chi connectivity index (χ0n) is 6.30. The third kappa shape index (κ3) is 4.62. The van der Waals surface area contributed by atoms with Gasteiger partial charge in [-0.25, -0.2) is 0 Å². The summed E-state index contributed by atoms with van der Waals surface area (Å²) in [5.41, 5.74) is 0. The van der Waals surface area contributed by atoms with Crippen molar-refractivity contribution in [1.82, 2.24) is 0 Å². The summed E-state index contributed by atoms with van der Waals surface area (Å²) in [4.78, 5) is 10.8. The van der Waals surface area contributed by atoms with Crippen LogP contribution in [0.4, 0.5) is 0 Å². The fourth-order valence-electron chi connectivity index (χ4n) is 0.447. The van der Waals surface area contributed by atoms with E-state index in [0.717, 1.165) is 0 Å². The predicted molar refractivity (Wildman–Crippen MR) is 60.4 cm³/mol. The number of hydrogen-bond acceptors (Lipinski definition) is 2. The van der Waals surface area contributed by atoms with Crippen LogP contribution in [-0.2, 0) is 9.53 Å². The molecular weight excluding hydrogens is 356 g/mol. The highest BCUT2D eigenvalue weighted by atomic mass is 79.9. The summed E-state index contributed by atoms with van der Waals surface area (Å²) in [7, 11) is 0. The third-order valence-corrected chi connectivity index (χ3v) is 5.17. The maximum absolute atomic E-state index is 11.1. The lowest BCUT2D eigenvalue weighted by Gasteiger charge is -2.12. The van der Waals surface area contributed by atoms with Crippen molar-refractivity contribution < 1.29 is 9.53 Å². The van der Waals surface area contributed by atoms with Gasteiger partial charge in [-0.15, -0.1) is 0 Å². The second kappa shape index (κ2) is 7.09. The van der Waals surface area contributed by atoms with Gasteiger partial charge in [0.15, 0.2) is 0 Å². The summed E-state index contributed by atoms with van der Waals surface area (Å²) in [5.74, 6) is -0.281. The van der Waals surface area contributed by atoms with E-state index in [2.05, 4.69) is 54.4 Å². The molecule has 70 valence electrons. The Balaban J connectivity index is 3.83. The highest BCUT2D eigenvalue weighted by Gasteiger charge is 2.23. The molecule has 0 bridgehead atoms. The molecule has 0 amide bonds. The number of hydrogen-bond donors (Lipinski definition) is 0. The molecule has 0 aromatic heterocycles. The largest absolute Gasteiger partial charge is 0.461 e. The lowest BCUT2D eigenvalue weighted by Crippen LogP contribution is -2.27. The van der Waals surface area contributed by atoms with Crippen LogP contribution in [0.1, 0.15) is 0 Å². The normalized spacial score (nSPS) is 14.9. The number of alkyl halides is 3. The first-order chi connectivity index (χ1) is 5.63. The van der Waals surface area contributed by atoms with Gasteiger partial charge in [-0.3, -0.25) is 4.79 Å². The first kappa shape index (κ1) is 12.7. The van der Waals surface area contributed by atoms with Crippen LogP contribution in [0.3, 0.4) is 0 Å². The summed E-state index contributed by atoms with van der Waals surface area (Å²) in [6.07, 6.45) is 1.54. The summed E-state index contributed by atoms with van der Waals surface area (Å²) >= 11 is 9.77. The van der Waals surface area contributed by atoms with E-state index >= 15 is 0 Å². The Bertz CT molecular complexity index is 161. The molecule has 0 rings (SSSR count). The Morgan fingerprint density at radius 1 is 1.58 bits per heavy atom. The minimum atomic E-state index is -0.322. The van der Waals surface area contributed by atoms with Crippen molar-refractivity contribution in [1.29, 1.82) is 0 Å². The smallest absolute Gasteiger partial charge is 0.321 e. The molecule has 2 nitrogen and oxygen atoms in total. The predicted octanol–water partition coefficient (Wildman–Crippen LogP) is 2.64. The van der Waals surface area contributed by atoms with Gasteiger partial charge in [0, 0.05) is 10.2 Å². The molecule has 12 heavy (non-hydrogen) atoms. The van der Waals surface area contributed by atoms with Crippen LogP contribution < -0.4 is 0 Å². The highest BCUT2D eigenvalue weighted by molar-refractivity contribution is 9.13. The summed E-state index contributed by atoms with van der Waals surface area (Å²) in [5, 5.41) is 0.687. The minimum Gasteiger partial charge on any atom is -0.461 e. The van der Waals surface area contributed by atoms with Crippen molar-refractivity contribution in [2.45, 2.75) is 9.65 Å². The molecular formula is C7H9Br3O2. The van der Waals surface area contributed by atoms with E-state index in [9.17, 15) is 4.79 Å². The molecule has 0 saturated carbocycles. The molecule has 0 aromatic rings. The van der Waals surface area contributed by atoms with Crippen molar-refractivity contribution in [3.63, 3.8) is 0 Å². The zero-order valence-corrected chi connectivity index (χ0v) is 11.1. The first-order valence-corrected chi connectivity index (χ1v) is 6.20. The van der Waals surface area contributed by atoms with Gasteiger partial charge in [0.05, 0.1) is 0 Å². The van der Waals surface area contributed by atoms with Crippen molar-refractivity contribution >= 4 is 53.8 Å². The maximum Gasteiger partial charge on any atom is 0.321 e. The molecule has 0 aliphatic carbocycles. The lowest BCUT2D eigenvalue weighted by atomic mass is 10.3. The van der Waals surface area contributed by atoms with E-state index in [1.165, 1.54) is 6.08 Å². The molecule has 0 N–H and O–H groups in total. The number of rotatable bonds is 5. The molecule has 0 heterocycles. The van der Waals surface area contributed by atoms with Crippen LogP contribution in [0.15, 0.2) is 12.7 Å². The molecule has 0 fully saturated rings. The van der Waals surface area contributed by atoms with E-state index in [-0.39, 0.29) is 22.2 Å². The van der Waals surface area contributed by atoms with Crippen LogP contribution in [0.5, 0.6) is 0 Å². The van der Waals surface area contributed by atoms with Crippen LogP contribution in [0.25, 0.3) is 0 Å². The molecule has 0 aliphatic heterocycles. The monoisotopic (exact) mass is 362 g/mol. The number of carbonyl (C=O) groups excluding carboxylic acids is 1. The number of halogens is 3. The lowest BCUT2D eigenvalue weighted by molar-refractivity contribution is -0.141. The SMILES string of the molecule is C=CCOC(=O)C(Br)C(Br)CBr. The van der Waals surface area contributed by atoms with E-state index in [1.54, 1.807) is 0 Å². The molecule has 0 saturated heterocycles. The summed E-state index contributed by atoms with van der Waals surface area (Å²) in [6.45, 7) is 3.70. The molecule has 0 radical (unpaired) electrons. The Morgan fingerprint density at radius 3 is 2.58 bits per heavy atom. The van der Waals surface area contributed by atoms with Gasteiger partial charge in [0.1, 0.15) is 11.4 Å². The maximum atomic E-state index is 11.1. The molecule has 0 spiro atoms. The topological polar surface area (TPSA) is 26.3 Å². The number of esters is 1. The molecule has 0 aliphatic rings. The standard InChI is InChI=1S/C7H9Br3O2/c1-2-3-12-7(11)6(10)5(9)4-8/h2,5-6H,1,3-4H2. The van der Waals surface area contributed by atoms with Crippen LogP contribution >= 0.6 is 47.8 Å². The average molecular weight is 365 g/mol. The minimum absolute atomic E-state index is 0.0369. The number of ether oxygens (including phenoxy) is 1. The van der Waals surface area contributed by atoms with Crippen molar-refractivity contribution in [3.8, 4) is 0 Å². The quantitative estimate of drug-likeness (QED) is 0.426. The Labute approximate surface area is 97.1 Å². The summed E-state index contributed by atoms with van der Waals surface area (Å²) < 4.78 is 4.82. The molecule has 0 aromatic carbocycles. The second-order valence-electron chi connectivity index (χ2n) is 1.99. The van der Waals surface area contributed by atoms with Crippen LogP contribution in [0, 0.1) is 0 Å².